The van der Waals surface area contributed by atoms with Crippen molar-refractivity contribution in [1.29, 1.82) is 0 Å². The molecule has 1 atom stereocenters. The highest BCUT2D eigenvalue weighted by Crippen LogP contribution is 2.47. The maximum atomic E-state index is 5.54. The molecule has 0 fully saturated rings. The van der Waals surface area contributed by atoms with E-state index in [0.29, 0.717) is 0 Å². The fourth-order valence-corrected chi connectivity index (χ4v) is 10.7. The number of imidazole rings is 1. The Labute approximate surface area is 366 Å². The third kappa shape index (κ3) is 5.68. The van der Waals surface area contributed by atoms with Crippen molar-refractivity contribution in [1.82, 2.24) is 9.38 Å². The van der Waals surface area contributed by atoms with Crippen molar-refractivity contribution in [3.63, 3.8) is 0 Å². The Morgan fingerprint density at radius 3 is 1.95 bits per heavy atom. The smallest absolute Gasteiger partial charge is 0.146 e. The SMILES string of the molecule is C1=CCC(c2nc3c4ccccc4c4cc(-c5ccc6c(-c7cccc8ccccc78)c7ccccc7c(-c7ccc8ccccc8c7)c6c5)ccc4n3c2C2=CCCC=C2)C=C1. The Morgan fingerprint density at radius 2 is 1.14 bits per heavy atom. The second kappa shape index (κ2) is 14.4. The van der Waals surface area contributed by atoms with Crippen LogP contribution >= 0.6 is 0 Å². The van der Waals surface area contributed by atoms with Gasteiger partial charge in [0, 0.05) is 16.7 Å². The molecule has 0 aliphatic heterocycles. The van der Waals surface area contributed by atoms with Gasteiger partial charge in [0.2, 0.25) is 0 Å². The van der Waals surface area contributed by atoms with Crippen LogP contribution in [0.25, 0.3) is 109 Å². The Hall–Kier alpha value is -7.81. The van der Waals surface area contributed by atoms with Gasteiger partial charge in [0.1, 0.15) is 5.65 Å². The lowest BCUT2D eigenvalue weighted by atomic mass is 9.83. The molecule has 2 aliphatic rings. The summed E-state index contributed by atoms with van der Waals surface area (Å²) >= 11 is 0. The van der Waals surface area contributed by atoms with E-state index in [-0.39, 0.29) is 5.92 Å². The highest BCUT2D eigenvalue weighted by molar-refractivity contribution is 6.24. The van der Waals surface area contributed by atoms with Crippen molar-refractivity contribution in [2.75, 3.05) is 0 Å². The van der Waals surface area contributed by atoms with Gasteiger partial charge in [0.15, 0.2) is 0 Å². The van der Waals surface area contributed by atoms with Crippen molar-refractivity contribution in [2.24, 2.45) is 0 Å². The molecule has 0 N–H and O–H groups in total. The Bertz CT molecular complexity index is 3830. The minimum Gasteiger partial charge on any atom is -0.291 e. The molecule has 9 aromatic carbocycles. The second-order valence-electron chi connectivity index (χ2n) is 17.2. The molecule has 0 amide bonds. The van der Waals surface area contributed by atoms with E-state index in [0.717, 1.165) is 30.6 Å². The van der Waals surface area contributed by atoms with Crippen LogP contribution in [-0.2, 0) is 0 Å². The first-order chi connectivity index (χ1) is 31.3. The molecule has 0 saturated heterocycles. The van der Waals surface area contributed by atoms with Crippen LogP contribution in [-0.4, -0.2) is 9.38 Å². The van der Waals surface area contributed by atoms with Crippen molar-refractivity contribution in [3.8, 4) is 33.4 Å². The van der Waals surface area contributed by atoms with Gasteiger partial charge in [-0.05, 0) is 131 Å². The average molecular weight is 803 g/mol. The number of allylic oxidation sites excluding steroid dienone is 8. The van der Waals surface area contributed by atoms with E-state index in [1.54, 1.807) is 0 Å². The summed E-state index contributed by atoms with van der Waals surface area (Å²) in [5, 5.41) is 13.6. The quantitative estimate of drug-likeness (QED) is 0.125. The molecular formula is C61H42N2. The summed E-state index contributed by atoms with van der Waals surface area (Å²) in [7, 11) is 0. The summed E-state index contributed by atoms with van der Waals surface area (Å²) in [5.41, 5.74) is 13.2. The van der Waals surface area contributed by atoms with Gasteiger partial charge in [0.05, 0.1) is 16.9 Å². The molecule has 13 rings (SSSR count). The standard InChI is InChI=1S/C61H42N2/c1-3-18-41(19-4-1)59-60(42-20-5-2-6-21-42)63-56-35-33-45(37-54(56)48-25-11-14-28-53(48)61(63)62-59)44-32-34-52-55(38-44)57(46-31-30-39-16-7-8-22-43(39)36-46)50-26-12-13-27-51(50)58(52)49-29-15-23-40-17-9-10-24-47(40)49/h1,3-5,7-18,20-38,41H,2,6,19H2. The van der Waals surface area contributed by atoms with Crippen LogP contribution in [0.5, 0.6) is 0 Å². The molecule has 2 heterocycles. The molecule has 2 heteroatoms. The highest BCUT2D eigenvalue weighted by Gasteiger charge is 2.26. The molecule has 2 aliphatic carbocycles. The van der Waals surface area contributed by atoms with Gasteiger partial charge in [-0.25, -0.2) is 4.98 Å². The minimum atomic E-state index is 0.221. The average Bonchev–Trinajstić information content (AvgIpc) is 3.77. The van der Waals surface area contributed by atoms with Gasteiger partial charge >= 0.3 is 0 Å². The first-order valence-corrected chi connectivity index (χ1v) is 22.3. The maximum absolute atomic E-state index is 5.54. The second-order valence-corrected chi connectivity index (χ2v) is 17.2. The van der Waals surface area contributed by atoms with Gasteiger partial charge in [-0.1, -0.05) is 188 Å². The Morgan fingerprint density at radius 1 is 0.460 bits per heavy atom. The van der Waals surface area contributed by atoms with Gasteiger partial charge in [0.25, 0.3) is 0 Å². The number of aromatic nitrogens is 2. The number of benzene rings is 9. The molecule has 11 aromatic rings. The van der Waals surface area contributed by atoms with E-state index < -0.39 is 0 Å². The summed E-state index contributed by atoms with van der Waals surface area (Å²) < 4.78 is 2.46. The zero-order chi connectivity index (χ0) is 41.4. The number of pyridine rings is 1. The first-order valence-electron chi connectivity index (χ1n) is 22.3. The monoisotopic (exact) mass is 802 g/mol. The predicted octanol–water partition coefficient (Wildman–Crippen LogP) is 16.6. The normalized spacial score (nSPS) is 15.2. The summed E-state index contributed by atoms with van der Waals surface area (Å²) in [4.78, 5) is 5.54. The van der Waals surface area contributed by atoms with Crippen molar-refractivity contribution >= 4 is 76.0 Å². The van der Waals surface area contributed by atoms with Crippen molar-refractivity contribution in [2.45, 2.75) is 25.2 Å². The van der Waals surface area contributed by atoms with E-state index in [1.165, 1.54) is 109 Å². The third-order valence-corrected chi connectivity index (χ3v) is 13.7. The molecular weight excluding hydrogens is 761 g/mol. The van der Waals surface area contributed by atoms with Crippen LogP contribution in [0.3, 0.4) is 0 Å². The lowest BCUT2D eigenvalue weighted by Crippen LogP contribution is -2.03. The summed E-state index contributed by atoms with van der Waals surface area (Å²) in [6.07, 6.45) is 19.0. The number of rotatable bonds is 5. The number of hydrogen-bond donors (Lipinski definition) is 0. The number of nitrogens with zero attached hydrogens (tertiary/aromatic N) is 2. The van der Waals surface area contributed by atoms with Gasteiger partial charge in [-0.3, -0.25) is 4.40 Å². The molecule has 0 radical (unpaired) electrons. The zero-order valence-electron chi connectivity index (χ0n) is 34.8. The van der Waals surface area contributed by atoms with Crippen LogP contribution in [0.4, 0.5) is 0 Å². The topological polar surface area (TPSA) is 17.3 Å². The lowest BCUT2D eigenvalue weighted by molar-refractivity contribution is 0.821. The molecule has 1 unspecified atom stereocenters. The minimum absolute atomic E-state index is 0.221. The lowest BCUT2D eigenvalue weighted by Gasteiger charge is -2.20. The summed E-state index contributed by atoms with van der Waals surface area (Å²) in [6.45, 7) is 0. The van der Waals surface area contributed by atoms with E-state index in [1.807, 2.05) is 0 Å². The van der Waals surface area contributed by atoms with Crippen LogP contribution in [0, 0.1) is 0 Å². The van der Waals surface area contributed by atoms with E-state index >= 15 is 0 Å². The van der Waals surface area contributed by atoms with E-state index in [2.05, 4.69) is 217 Å². The van der Waals surface area contributed by atoms with Gasteiger partial charge in [-0.2, -0.15) is 0 Å². The van der Waals surface area contributed by atoms with Crippen molar-refractivity contribution < 1.29 is 0 Å². The Kier molecular flexibility index (Phi) is 8.20. The van der Waals surface area contributed by atoms with E-state index in [4.69, 9.17) is 4.98 Å². The molecule has 0 saturated carbocycles. The maximum Gasteiger partial charge on any atom is 0.146 e. The molecule has 296 valence electrons. The molecule has 63 heavy (non-hydrogen) atoms. The highest BCUT2D eigenvalue weighted by atomic mass is 15.0. The fourth-order valence-electron chi connectivity index (χ4n) is 10.7. The first kappa shape index (κ1) is 35.9. The van der Waals surface area contributed by atoms with Gasteiger partial charge < -0.3 is 0 Å². The number of fused-ring (bicyclic) bond motifs is 10. The van der Waals surface area contributed by atoms with Gasteiger partial charge in [-0.15, -0.1) is 0 Å². The van der Waals surface area contributed by atoms with Crippen molar-refractivity contribution in [3.05, 3.63) is 224 Å². The molecule has 2 aromatic heterocycles. The fraction of sp³-hybridized carbons (Fsp3) is 0.0656. The summed E-state index contributed by atoms with van der Waals surface area (Å²) in [6, 6.07) is 63.4. The molecule has 2 nitrogen and oxygen atoms in total. The third-order valence-electron chi connectivity index (χ3n) is 13.7. The number of hydrogen-bond acceptors (Lipinski definition) is 1. The Balaban J connectivity index is 1.10. The molecule has 0 spiro atoms. The zero-order valence-corrected chi connectivity index (χ0v) is 34.8. The van der Waals surface area contributed by atoms with E-state index in [9.17, 15) is 0 Å². The summed E-state index contributed by atoms with van der Waals surface area (Å²) in [5.74, 6) is 0.221. The van der Waals surface area contributed by atoms with Crippen LogP contribution in [0.15, 0.2) is 212 Å². The van der Waals surface area contributed by atoms with Crippen LogP contribution in [0.1, 0.15) is 36.6 Å². The largest absolute Gasteiger partial charge is 0.291 e. The van der Waals surface area contributed by atoms with Crippen LogP contribution in [0.2, 0.25) is 0 Å². The van der Waals surface area contributed by atoms with Crippen LogP contribution < -0.4 is 0 Å². The molecule has 0 bridgehead atoms. The predicted molar refractivity (Wildman–Crippen MR) is 269 cm³/mol.